The first-order valence-electron chi connectivity index (χ1n) is 8.53. The highest BCUT2D eigenvalue weighted by atomic mass is 32.2. The molecule has 0 aromatic heterocycles. The predicted molar refractivity (Wildman–Crippen MR) is 96.1 cm³/mol. The quantitative estimate of drug-likeness (QED) is 0.213. The number of thioether (sulfide) groups is 1. The molecule has 152 valence electrons. The summed E-state index contributed by atoms with van der Waals surface area (Å²) in [5, 5.41) is 8.92. The summed E-state index contributed by atoms with van der Waals surface area (Å²) in [7, 11) is 1.14. The van der Waals surface area contributed by atoms with E-state index in [2.05, 4.69) is 4.84 Å². The monoisotopic (exact) mass is 421 g/mol. The summed E-state index contributed by atoms with van der Waals surface area (Å²) in [6, 6.07) is 3.98. The van der Waals surface area contributed by atoms with Gasteiger partial charge in [0.05, 0.1) is 23.0 Å². The molecule has 0 saturated carbocycles. The normalized spacial score (nSPS) is 30.0. The third kappa shape index (κ3) is 2.58. The van der Waals surface area contributed by atoms with Crippen molar-refractivity contribution in [3.8, 4) is 0 Å². The van der Waals surface area contributed by atoms with Crippen molar-refractivity contribution in [3.63, 3.8) is 0 Å². The van der Waals surface area contributed by atoms with Crippen molar-refractivity contribution in [2.75, 3.05) is 13.7 Å². The molecule has 3 aliphatic heterocycles. The summed E-state index contributed by atoms with van der Waals surface area (Å²) in [4.78, 5) is 68.0. The third-order valence-corrected chi connectivity index (χ3v) is 6.89. The number of methoxy groups -OCH3 is 1. The second kappa shape index (κ2) is 6.44. The molecule has 2 saturated heterocycles. The zero-order chi connectivity index (χ0) is 21.1. The maximum absolute atomic E-state index is 12.9. The van der Waals surface area contributed by atoms with Gasteiger partial charge in [0.2, 0.25) is 0 Å². The van der Waals surface area contributed by atoms with E-state index >= 15 is 0 Å². The summed E-state index contributed by atoms with van der Waals surface area (Å²) in [5.74, 6) is -2.54. The van der Waals surface area contributed by atoms with Gasteiger partial charge in [-0.2, -0.15) is 0 Å². The molecular formula is C17H15N3O8S. The number of nitrogens with zero attached hydrogens (tertiary/aromatic N) is 3. The topological polar surface area (TPSA) is 136 Å². The van der Waals surface area contributed by atoms with Crippen LogP contribution < -0.4 is 0 Å². The fourth-order valence-corrected chi connectivity index (χ4v) is 5.68. The smallest absolute Gasteiger partial charge is 0.330 e. The molecule has 1 aromatic rings. The molecule has 1 aromatic carbocycles. The maximum atomic E-state index is 12.9. The molecule has 0 bridgehead atoms. The van der Waals surface area contributed by atoms with Crippen LogP contribution in [0, 0.1) is 10.1 Å². The number of hydrogen-bond donors (Lipinski definition) is 0. The van der Waals surface area contributed by atoms with Gasteiger partial charge in [-0.05, 0) is 19.1 Å². The first-order chi connectivity index (χ1) is 13.7. The molecule has 3 aliphatic rings. The Labute approximate surface area is 168 Å². The minimum absolute atomic E-state index is 0.204. The van der Waals surface area contributed by atoms with E-state index in [1.165, 1.54) is 24.0 Å². The summed E-state index contributed by atoms with van der Waals surface area (Å²) < 4.78 is 3.57. The Hall–Kier alpha value is -3.15. The Morgan fingerprint density at radius 1 is 1.24 bits per heavy atom. The van der Waals surface area contributed by atoms with Gasteiger partial charge in [-0.25, -0.2) is 4.79 Å². The maximum Gasteiger partial charge on any atom is 0.330 e. The zero-order valence-corrected chi connectivity index (χ0v) is 16.1. The van der Waals surface area contributed by atoms with Gasteiger partial charge in [-0.15, -0.1) is 21.9 Å². The highest BCUT2D eigenvalue weighted by Crippen LogP contribution is 2.53. The van der Waals surface area contributed by atoms with Crippen LogP contribution in [0.4, 0.5) is 0 Å². The molecule has 0 unspecified atom stereocenters. The number of fused-ring (bicyclic) bond motifs is 2. The van der Waals surface area contributed by atoms with E-state index in [0.29, 0.717) is 0 Å². The average Bonchev–Trinajstić information content (AvgIpc) is 3.11. The van der Waals surface area contributed by atoms with Crippen molar-refractivity contribution in [3.05, 3.63) is 45.5 Å². The van der Waals surface area contributed by atoms with E-state index in [1.807, 2.05) is 0 Å². The second-order valence-electron chi connectivity index (χ2n) is 6.96. The highest BCUT2D eigenvalue weighted by Gasteiger charge is 2.69. The molecule has 4 rings (SSSR count). The fourth-order valence-electron chi connectivity index (χ4n) is 3.97. The zero-order valence-electron chi connectivity index (χ0n) is 15.3. The van der Waals surface area contributed by atoms with Gasteiger partial charge < -0.3 is 14.5 Å². The van der Waals surface area contributed by atoms with Crippen LogP contribution >= 0.6 is 11.8 Å². The molecule has 3 heterocycles. The number of carbonyl (C=O) groups is 4. The Kier molecular flexibility index (Phi) is 4.26. The fraction of sp³-hybridized carbons (Fsp3) is 0.412. The first kappa shape index (κ1) is 19.2. The molecule has 0 N–H and O–H groups in total. The summed E-state index contributed by atoms with van der Waals surface area (Å²) >= 11 is 1.07. The summed E-state index contributed by atoms with van der Waals surface area (Å²) in [6.07, 6.45) is 0. The minimum atomic E-state index is -1.20. The molecule has 3 amide bonds. The molecule has 2 fully saturated rings. The van der Waals surface area contributed by atoms with Gasteiger partial charge in [0.1, 0.15) is 24.1 Å². The van der Waals surface area contributed by atoms with Crippen LogP contribution in [0.15, 0.2) is 24.3 Å². The van der Waals surface area contributed by atoms with Gasteiger partial charge in [0, 0.05) is 0 Å². The number of carbonyl (C=O) groups excluding carboxylic acids is 4. The van der Waals surface area contributed by atoms with Crippen molar-refractivity contribution in [2.24, 2.45) is 0 Å². The van der Waals surface area contributed by atoms with Crippen LogP contribution in [0.5, 0.6) is 0 Å². The van der Waals surface area contributed by atoms with Gasteiger partial charge in [-0.1, -0.05) is 12.1 Å². The SMILES string of the molecule is COC(=O)[C@@H]1N2C(=O)[C@@H](N3C(=O)c4ccccc4C3=O)[C@H]2S[C@]1(C)CO[N+](=O)[O-]. The number of ether oxygens (including phenoxy) is 1. The van der Waals surface area contributed by atoms with Crippen LogP contribution in [0.2, 0.25) is 0 Å². The van der Waals surface area contributed by atoms with Gasteiger partial charge in [0.15, 0.2) is 0 Å². The summed E-state index contributed by atoms with van der Waals surface area (Å²) in [6.45, 7) is 1.06. The largest absolute Gasteiger partial charge is 0.467 e. The third-order valence-electron chi connectivity index (χ3n) is 5.28. The van der Waals surface area contributed by atoms with E-state index in [4.69, 9.17) is 4.74 Å². The predicted octanol–water partition coefficient (Wildman–Crippen LogP) is 0.0749. The highest BCUT2D eigenvalue weighted by molar-refractivity contribution is 8.01. The minimum Gasteiger partial charge on any atom is -0.467 e. The molecule has 0 spiro atoms. The van der Waals surface area contributed by atoms with Crippen LogP contribution in [-0.2, 0) is 19.2 Å². The number of hydrogen-bond acceptors (Lipinski definition) is 9. The lowest BCUT2D eigenvalue weighted by Gasteiger charge is -2.46. The van der Waals surface area contributed by atoms with E-state index < -0.39 is 57.6 Å². The molecule has 11 nitrogen and oxygen atoms in total. The number of amides is 3. The molecule has 12 heteroatoms. The summed E-state index contributed by atoms with van der Waals surface area (Å²) in [5.41, 5.74) is 0.409. The first-order valence-corrected chi connectivity index (χ1v) is 9.41. The Bertz CT molecular complexity index is 933. The number of benzene rings is 1. The number of esters is 1. The average molecular weight is 421 g/mol. The lowest BCUT2D eigenvalue weighted by Crippen LogP contribution is -2.71. The molecule has 0 aliphatic carbocycles. The van der Waals surface area contributed by atoms with Crippen molar-refractivity contribution in [1.82, 2.24) is 9.80 Å². The van der Waals surface area contributed by atoms with E-state index in [-0.39, 0.29) is 11.1 Å². The van der Waals surface area contributed by atoms with E-state index in [1.54, 1.807) is 12.1 Å². The number of rotatable bonds is 5. The molecular weight excluding hydrogens is 406 g/mol. The Balaban J connectivity index is 1.66. The molecule has 4 atom stereocenters. The van der Waals surface area contributed by atoms with Crippen LogP contribution in [0.3, 0.4) is 0 Å². The lowest BCUT2D eigenvalue weighted by molar-refractivity contribution is -0.758. The second-order valence-corrected chi connectivity index (χ2v) is 8.61. The van der Waals surface area contributed by atoms with Crippen LogP contribution in [0.1, 0.15) is 27.6 Å². The van der Waals surface area contributed by atoms with Crippen molar-refractivity contribution in [2.45, 2.75) is 29.1 Å². The van der Waals surface area contributed by atoms with Gasteiger partial charge in [0.25, 0.3) is 22.8 Å². The van der Waals surface area contributed by atoms with E-state index in [0.717, 1.165) is 23.8 Å². The lowest BCUT2D eigenvalue weighted by atomic mass is 9.94. The number of β-lactam (4-membered cyclic amide) rings is 1. The van der Waals surface area contributed by atoms with Crippen molar-refractivity contribution in [1.29, 1.82) is 0 Å². The molecule has 29 heavy (non-hydrogen) atoms. The molecule has 0 radical (unpaired) electrons. The van der Waals surface area contributed by atoms with Crippen molar-refractivity contribution >= 4 is 35.5 Å². The Morgan fingerprint density at radius 3 is 2.34 bits per heavy atom. The van der Waals surface area contributed by atoms with Crippen LogP contribution in [0.25, 0.3) is 0 Å². The standard InChI is InChI=1S/C17H15N3O8S/c1-17(7-28-20(25)26)11(16(24)27-2)19-14(23)10(15(19)29-17)18-12(21)8-5-3-4-6-9(8)13(18)22/h3-6,10-11,15H,7H2,1-2H3/t10-,11+,15-,17-/m1/s1. The van der Waals surface area contributed by atoms with E-state index in [9.17, 15) is 29.3 Å². The van der Waals surface area contributed by atoms with Crippen molar-refractivity contribution < 1.29 is 33.8 Å². The number of imide groups is 1. The Morgan fingerprint density at radius 2 is 1.83 bits per heavy atom. The van der Waals surface area contributed by atoms with Gasteiger partial charge in [-0.3, -0.25) is 19.3 Å². The van der Waals surface area contributed by atoms with Gasteiger partial charge >= 0.3 is 5.97 Å². The van der Waals surface area contributed by atoms with Crippen LogP contribution in [-0.4, -0.2) is 74.5 Å².